The van der Waals surface area contributed by atoms with E-state index in [9.17, 15) is 40.6 Å². The Morgan fingerprint density at radius 2 is 1.71 bits per heavy atom. The van der Waals surface area contributed by atoms with Gasteiger partial charge >= 0.3 is 11.7 Å². The molecule has 0 fully saturated rings. The second-order valence-corrected chi connectivity index (χ2v) is 8.34. The summed E-state index contributed by atoms with van der Waals surface area (Å²) in [7, 11) is -3.30. The molecule has 0 heterocycles. The minimum atomic E-state index is -4.99. The molecule has 0 saturated carbocycles. The van der Waals surface area contributed by atoms with Crippen LogP contribution in [0.5, 0.6) is 0 Å². The number of ether oxygens (including phenoxy) is 1. The quantitative estimate of drug-likeness (QED) is 0.236. The van der Waals surface area contributed by atoms with Gasteiger partial charge in [0.2, 0.25) is 0 Å². The Hall–Kier alpha value is -3.58. The molecule has 13 heteroatoms. The number of amides is 1. The number of nitrogens with zero attached hydrogens (tertiary/aromatic N) is 2. The van der Waals surface area contributed by atoms with Crippen molar-refractivity contribution < 1.29 is 40.1 Å². The number of halogens is 6. The van der Waals surface area contributed by atoms with Gasteiger partial charge in [-0.3, -0.25) is 4.79 Å². The first-order valence-electron chi connectivity index (χ1n) is 9.04. The van der Waals surface area contributed by atoms with E-state index in [0.29, 0.717) is 6.08 Å². The van der Waals surface area contributed by atoms with Crippen LogP contribution in [0, 0.1) is 22.7 Å². The number of allylic oxidation sites excluding steroid dienone is 5. The third kappa shape index (κ3) is 8.08. The highest BCUT2D eigenvalue weighted by Crippen LogP contribution is 2.30. The van der Waals surface area contributed by atoms with Crippen molar-refractivity contribution in [2.24, 2.45) is 0 Å². The van der Waals surface area contributed by atoms with Gasteiger partial charge in [-0.05, 0) is 50.3 Å². The van der Waals surface area contributed by atoms with Gasteiger partial charge in [0.25, 0.3) is 5.91 Å². The van der Waals surface area contributed by atoms with E-state index < -0.39 is 56.8 Å². The highest BCUT2D eigenvalue weighted by atomic mass is 32.2. The van der Waals surface area contributed by atoms with Crippen LogP contribution in [0.25, 0.3) is 0 Å². The monoisotopic (exact) mass is 505 g/mol. The predicted octanol–water partition coefficient (Wildman–Crippen LogP) is 4.81. The lowest BCUT2D eigenvalue weighted by atomic mass is 10.0. The second kappa shape index (κ2) is 11.0. The number of nitriles is 2. The lowest BCUT2D eigenvalue weighted by Gasteiger charge is -2.24. The maximum atomic E-state index is 13.3. The second-order valence-electron chi connectivity index (χ2n) is 6.86. The van der Waals surface area contributed by atoms with Gasteiger partial charge in [0.1, 0.15) is 12.4 Å². The Kier molecular flexibility index (Phi) is 9.23. The molecule has 182 valence electrons. The standard InChI is InChI=1S/C21H17F6N3O3S/c1-13(10-28)4-9-17(20(22,23)24)14(2)33-12-19(3,11-29)30-18(31)15-5-7-16(8-6-15)34(32)21(25,26)27/h4-9H,1,12H2,2-3H3,(H,30,31)/b9-4-,17-14-/t19?,34-/m1/s1. The van der Waals surface area contributed by atoms with E-state index in [0.717, 1.165) is 44.2 Å². The number of hydrogen-bond acceptors (Lipinski definition) is 5. The highest BCUT2D eigenvalue weighted by Gasteiger charge is 2.38. The van der Waals surface area contributed by atoms with E-state index in [1.807, 2.05) is 0 Å². The fraction of sp³-hybridized carbons (Fsp3) is 0.286. The summed E-state index contributed by atoms with van der Waals surface area (Å²) in [6, 6.07) is 6.79. The highest BCUT2D eigenvalue weighted by molar-refractivity contribution is 7.86. The zero-order chi connectivity index (χ0) is 26.3. The third-order valence-electron chi connectivity index (χ3n) is 4.03. The molecule has 1 unspecified atom stereocenters. The molecule has 1 aromatic rings. The lowest BCUT2D eigenvalue weighted by molar-refractivity contribution is -0.0919. The number of carbonyl (C=O) groups excluding carboxylic acids is 1. The van der Waals surface area contributed by atoms with Crippen LogP contribution >= 0.6 is 0 Å². The van der Waals surface area contributed by atoms with Gasteiger partial charge in [0, 0.05) is 16.0 Å². The molecule has 1 rings (SSSR count). The summed E-state index contributed by atoms with van der Waals surface area (Å²) in [5.41, 5.74) is -8.50. The van der Waals surface area contributed by atoms with Crippen LogP contribution in [0.2, 0.25) is 0 Å². The van der Waals surface area contributed by atoms with Crippen LogP contribution in [-0.2, 0) is 15.5 Å². The van der Waals surface area contributed by atoms with Gasteiger partial charge in [-0.15, -0.1) is 0 Å². The van der Waals surface area contributed by atoms with Crippen molar-refractivity contribution in [2.45, 2.75) is 36.0 Å². The van der Waals surface area contributed by atoms with Gasteiger partial charge < -0.3 is 10.1 Å². The van der Waals surface area contributed by atoms with Crippen molar-refractivity contribution >= 4 is 16.7 Å². The van der Waals surface area contributed by atoms with E-state index in [1.165, 1.54) is 0 Å². The largest absolute Gasteiger partial charge is 0.494 e. The first-order valence-corrected chi connectivity index (χ1v) is 10.2. The summed E-state index contributed by atoms with van der Waals surface area (Å²) in [6.45, 7) is 4.65. The Bertz CT molecular complexity index is 1110. The summed E-state index contributed by atoms with van der Waals surface area (Å²) in [5.74, 6) is -1.58. The fourth-order valence-corrected chi connectivity index (χ4v) is 2.90. The maximum absolute atomic E-state index is 13.3. The number of rotatable bonds is 8. The van der Waals surface area contributed by atoms with Crippen LogP contribution < -0.4 is 5.32 Å². The van der Waals surface area contributed by atoms with Gasteiger partial charge in [-0.25, -0.2) is 4.21 Å². The van der Waals surface area contributed by atoms with E-state index in [1.54, 1.807) is 12.1 Å². The van der Waals surface area contributed by atoms with Crippen LogP contribution in [0.3, 0.4) is 0 Å². The number of nitrogens with one attached hydrogen (secondary N) is 1. The SMILES string of the molecule is C=C(C#N)/C=C\C(=C(/C)OCC(C)(C#N)NC(=O)c1ccc([S@@](=O)C(F)(F)F)cc1)C(F)(F)F. The molecule has 1 amide bonds. The van der Waals surface area contributed by atoms with Crippen molar-refractivity contribution in [1.82, 2.24) is 5.32 Å². The Labute approximate surface area is 193 Å². The number of carbonyl (C=O) groups is 1. The van der Waals surface area contributed by atoms with Crippen molar-refractivity contribution in [3.05, 3.63) is 65.5 Å². The summed E-state index contributed by atoms with van der Waals surface area (Å²) in [6.07, 6.45) is -3.45. The first kappa shape index (κ1) is 28.5. The molecule has 0 radical (unpaired) electrons. The van der Waals surface area contributed by atoms with E-state index in [-0.39, 0.29) is 11.1 Å². The van der Waals surface area contributed by atoms with E-state index in [4.69, 9.17) is 10.00 Å². The molecule has 1 aromatic carbocycles. The number of hydrogen-bond donors (Lipinski definition) is 1. The molecular formula is C21H17F6N3O3S. The molecule has 0 bridgehead atoms. The predicted molar refractivity (Wildman–Crippen MR) is 109 cm³/mol. The molecule has 0 aromatic heterocycles. The van der Waals surface area contributed by atoms with Crippen molar-refractivity contribution in [3.63, 3.8) is 0 Å². The topological polar surface area (TPSA) is 103 Å². The van der Waals surface area contributed by atoms with Crippen LogP contribution in [0.15, 0.2) is 64.8 Å². The summed E-state index contributed by atoms with van der Waals surface area (Å²) in [4.78, 5) is 11.8. The average molecular weight is 505 g/mol. The minimum absolute atomic E-state index is 0.189. The molecule has 0 aliphatic heterocycles. The molecule has 0 aliphatic rings. The molecule has 2 atom stereocenters. The van der Waals surface area contributed by atoms with Crippen LogP contribution in [-0.4, -0.2) is 33.9 Å². The van der Waals surface area contributed by atoms with E-state index >= 15 is 0 Å². The Morgan fingerprint density at radius 1 is 1.15 bits per heavy atom. The van der Waals surface area contributed by atoms with Gasteiger partial charge in [-0.1, -0.05) is 6.58 Å². The number of benzene rings is 1. The minimum Gasteiger partial charge on any atom is -0.494 e. The van der Waals surface area contributed by atoms with Crippen LogP contribution in [0.4, 0.5) is 26.3 Å². The van der Waals surface area contributed by atoms with Crippen molar-refractivity contribution in [2.75, 3.05) is 6.61 Å². The first-order chi connectivity index (χ1) is 15.5. The zero-order valence-electron chi connectivity index (χ0n) is 17.7. The van der Waals surface area contributed by atoms with Crippen molar-refractivity contribution in [3.8, 4) is 12.1 Å². The van der Waals surface area contributed by atoms with Gasteiger partial charge in [0.05, 0.1) is 17.7 Å². The smallest absolute Gasteiger partial charge is 0.475 e. The Morgan fingerprint density at radius 3 is 2.15 bits per heavy atom. The molecule has 1 N–H and O–H groups in total. The zero-order valence-corrected chi connectivity index (χ0v) is 18.5. The summed E-state index contributed by atoms with van der Waals surface area (Å²) < 4.78 is 93.8. The molecule has 0 aliphatic carbocycles. The fourth-order valence-electron chi connectivity index (χ4n) is 2.25. The normalized spacial score (nSPS) is 15.4. The summed E-state index contributed by atoms with van der Waals surface area (Å²) >= 11 is 0. The molecular weight excluding hydrogens is 488 g/mol. The lowest BCUT2D eigenvalue weighted by Crippen LogP contribution is -2.48. The molecule has 0 saturated heterocycles. The summed E-state index contributed by atoms with van der Waals surface area (Å²) in [5, 5.41) is 20.2. The molecule has 0 spiro atoms. The van der Waals surface area contributed by atoms with Gasteiger partial charge in [0.15, 0.2) is 16.3 Å². The number of alkyl halides is 6. The average Bonchev–Trinajstić information content (AvgIpc) is 2.75. The van der Waals surface area contributed by atoms with E-state index in [2.05, 4.69) is 11.9 Å². The molecule has 6 nitrogen and oxygen atoms in total. The van der Waals surface area contributed by atoms with Crippen LogP contribution in [0.1, 0.15) is 24.2 Å². The Balaban J connectivity index is 3.03. The molecule has 34 heavy (non-hydrogen) atoms. The van der Waals surface area contributed by atoms with Gasteiger partial charge in [-0.2, -0.15) is 36.9 Å². The third-order valence-corrected chi connectivity index (χ3v) is 5.15. The van der Waals surface area contributed by atoms with Crippen molar-refractivity contribution in [1.29, 1.82) is 10.5 Å². The maximum Gasteiger partial charge on any atom is 0.475 e.